The van der Waals surface area contributed by atoms with Gasteiger partial charge < -0.3 is 4.74 Å². The third-order valence-corrected chi connectivity index (χ3v) is 7.87. The summed E-state index contributed by atoms with van der Waals surface area (Å²) < 4.78 is 32.1. The molecule has 0 aliphatic rings. The standard InChI is InChI=1S/C23H22N4O4S2/c1-26(2)33(29,30)19-9-6-17(7-10-19)22(28)27(15-16-5-4-12-24-14-16)23-25-20-11-8-18(31-3)13-21(20)32-23/h4-14H,15H2,1-3H3. The van der Waals surface area contributed by atoms with E-state index >= 15 is 0 Å². The molecule has 10 heteroatoms. The van der Waals surface area contributed by atoms with E-state index in [1.54, 1.807) is 24.4 Å². The summed E-state index contributed by atoms with van der Waals surface area (Å²) in [5.74, 6) is 0.416. The number of carbonyl (C=O) groups is 1. The van der Waals surface area contributed by atoms with Crippen molar-refractivity contribution < 1.29 is 17.9 Å². The fourth-order valence-electron chi connectivity index (χ4n) is 3.17. The highest BCUT2D eigenvalue weighted by Crippen LogP contribution is 2.33. The molecule has 0 atom stereocenters. The van der Waals surface area contributed by atoms with Crippen LogP contribution in [0.2, 0.25) is 0 Å². The Morgan fingerprint density at radius 2 is 1.85 bits per heavy atom. The molecule has 0 aliphatic heterocycles. The van der Waals surface area contributed by atoms with Gasteiger partial charge in [0.25, 0.3) is 5.91 Å². The van der Waals surface area contributed by atoms with Crippen molar-refractivity contribution in [3.8, 4) is 5.75 Å². The van der Waals surface area contributed by atoms with E-state index in [0.29, 0.717) is 16.4 Å². The van der Waals surface area contributed by atoms with Crippen LogP contribution in [0.15, 0.2) is 71.9 Å². The first-order valence-electron chi connectivity index (χ1n) is 9.97. The SMILES string of the molecule is COc1ccc2nc(N(Cc3cccnc3)C(=O)c3ccc(S(=O)(=O)N(C)C)cc3)sc2c1. The van der Waals surface area contributed by atoms with E-state index in [2.05, 4.69) is 9.97 Å². The zero-order chi connectivity index (χ0) is 23.6. The summed E-state index contributed by atoms with van der Waals surface area (Å²) in [4.78, 5) is 24.0. The summed E-state index contributed by atoms with van der Waals surface area (Å²) in [6.07, 6.45) is 3.37. The van der Waals surface area contributed by atoms with Gasteiger partial charge in [-0.1, -0.05) is 17.4 Å². The van der Waals surface area contributed by atoms with E-state index < -0.39 is 10.0 Å². The van der Waals surface area contributed by atoms with Gasteiger partial charge in [-0.3, -0.25) is 14.7 Å². The molecule has 0 bridgehead atoms. The summed E-state index contributed by atoms with van der Waals surface area (Å²) in [6, 6.07) is 15.2. The lowest BCUT2D eigenvalue weighted by Gasteiger charge is -2.20. The van der Waals surface area contributed by atoms with Gasteiger partial charge in [-0.05, 0) is 54.1 Å². The monoisotopic (exact) mass is 482 g/mol. The molecule has 0 saturated heterocycles. The van der Waals surface area contributed by atoms with Gasteiger partial charge >= 0.3 is 0 Å². The molecule has 0 spiro atoms. The number of sulfonamides is 1. The highest BCUT2D eigenvalue weighted by atomic mass is 32.2. The molecular formula is C23H22N4O4S2. The number of benzene rings is 2. The minimum Gasteiger partial charge on any atom is -0.497 e. The van der Waals surface area contributed by atoms with Crippen LogP contribution in [0, 0.1) is 0 Å². The molecule has 0 aliphatic carbocycles. The topological polar surface area (TPSA) is 92.7 Å². The fraction of sp³-hybridized carbons (Fsp3) is 0.174. The molecule has 2 aromatic heterocycles. The van der Waals surface area contributed by atoms with Crippen LogP contribution in [-0.2, 0) is 16.6 Å². The summed E-state index contributed by atoms with van der Waals surface area (Å²) in [5.41, 5.74) is 1.95. The van der Waals surface area contributed by atoms with Gasteiger partial charge in [0.05, 0.1) is 28.8 Å². The molecule has 2 heterocycles. The van der Waals surface area contributed by atoms with E-state index in [1.165, 1.54) is 49.7 Å². The van der Waals surface area contributed by atoms with Gasteiger partial charge in [-0.25, -0.2) is 17.7 Å². The second kappa shape index (κ2) is 9.26. The van der Waals surface area contributed by atoms with Crippen LogP contribution in [0.1, 0.15) is 15.9 Å². The first kappa shape index (κ1) is 22.8. The first-order chi connectivity index (χ1) is 15.8. The maximum Gasteiger partial charge on any atom is 0.260 e. The quantitative estimate of drug-likeness (QED) is 0.398. The molecule has 0 unspecified atom stereocenters. The van der Waals surface area contributed by atoms with Crippen molar-refractivity contribution in [1.29, 1.82) is 0 Å². The lowest BCUT2D eigenvalue weighted by molar-refractivity contribution is 0.0985. The Morgan fingerprint density at radius 1 is 1.09 bits per heavy atom. The predicted molar refractivity (Wildman–Crippen MR) is 128 cm³/mol. The van der Waals surface area contributed by atoms with Crippen LogP contribution in [0.3, 0.4) is 0 Å². The smallest absolute Gasteiger partial charge is 0.260 e. The van der Waals surface area contributed by atoms with Crippen molar-refractivity contribution in [2.45, 2.75) is 11.4 Å². The predicted octanol–water partition coefficient (Wildman–Crippen LogP) is 3.80. The molecule has 170 valence electrons. The summed E-state index contributed by atoms with van der Waals surface area (Å²) in [5, 5.41) is 0.525. The molecule has 2 aromatic carbocycles. The normalized spacial score (nSPS) is 11.6. The second-order valence-electron chi connectivity index (χ2n) is 7.39. The third-order valence-electron chi connectivity index (χ3n) is 5.00. The number of ether oxygens (including phenoxy) is 1. The molecule has 0 radical (unpaired) electrons. The first-order valence-corrected chi connectivity index (χ1v) is 12.2. The zero-order valence-corrected chi connectivity index (χ0v) is 19.9. The Labute approximate surface area is 196 Å². The molecule has 0 saturated carbocycles. The zero-order valence-electron chi connectivity index (χ0n) is 18.3. The van der Waals surface area contributed by atoms with Gasteiger partial charge in [-0.2, -0.15) is 0 Å². The summed E-state index contributed by atoms with van der Waals surface area (Å²) in [6.45, 7) is 0.265. The number of carbonyl (C=O) groups excluding carboxylic acids is 1. The number of rotatable bonds is 7. The van der Waals surface area contributed by atoms with E-state index in [1.807, 2.05) is 30.3 Å². The Hall–Kier alpha value is -3.34. The second-order valence-corrected chi connectivity index (χ2v) is 10.6. The number of fused-ring (bicyclic) bond motifs is 1. The van der Waals surface area contributed by atoms with E-state index in [9.17, 15) is 13.2 Å². The van der Waals surface area contributed by atoms with Crippen LogP contribution >= 0.6 is 11.3 Å². The van der Waals surface area contributed by atoms with Crippen molar-refractivity contribution in [3.05, 3.63) is 78.1 Å². The minimum atomic E-state index is -3.59. The number of anilines is 1. The Morgan fingerprint density at radius 3 is 2.48 bits per heavy atom. The average molecular weight is 483 g/mol. The van der Waals surface area contributed by atoms with Crippen molar-refractivity contribution >= 4 is 42.6 Å². The van der Waals surface area contributed by atoms with Crippen LogP contribution in [0.4, 0.5) is 5.13 Å². The van der Waals surface area contributed by atoms with Gasteiger partial charge in [0.1, 0.15) is 5.75 Å². The van der Waals surface area contributed by atoms with Crippen molar-refractivity contribution in [2.24, 2.45) is 0 Å². The summed E-state index contributed by atoms with van der Waals surface area (Å²) in [7, 11) is 0.941. The van der Waals surface area contributed by atoms with Gasteiger partial charge in [-0.15, -0.1) is 0 Å². The minimum absolute atomic E-state index is 0.120. The lowest BCUT2D eigenvalue weighted by atomic mass is 10.2. The summed E-state index contributed by atoms with van der Waals surface area (Å²) >= 11 is 1.38. The van der Waals surface area contributed by atoms with Crippen LogP contribution in [-0.4, -0.2) is 49.8 Å². The van der Waals surface area contributed by atoms with E-state index in [4.69, 9.17) is 4.74 Å². The van der Waals surface area contributed by atoms with E-state index in [0.717, 1.165) is 20.1 Å². The largest absolute Gasteiger partial charge is 0.497 e. The number of hydrogen-bond donors (Lipinski definition) is 0. The Bertz CT molecular complexity index is 1390. The average Bonchev–Trinajstić information content (AvgIpc) is 3.25. The number of pyridine rings is 1. The van der Waals surface area contributed by atoms with Gasteiger partial charge in [0.2, 0.25) is 10.0 Å². The Balaban J connectivity index is 1.72. The van der Waals surface area contributed by atoms with Crippen molar-refractivity contribution in [2.75, 3.05) is 26.1 Å². The molecule has 0 fully saturated rings. The molecule has 4 aromatic rings. The number of nitrogens with zero attached hydrogens (tertiary/aromatic N) is 4. The number of amides is 1. The maximum atomic E-state index is 13.5. The highest BCUT2D eigenvalue weighted by Gasteiger charge is 2.23. The molecule has 4 rings (SSSR count). The molecule has 8 nitrogen and oxygen atoms in total. The fourth-order valence-corrected chi connectivity index (χ4v) is 5.07. The van der Waals surface area contributed by atoms with Crippen LogP contribution in [0.25, 0.3) is 10.2 Å². The number of thiazole rings is 1. The number of aromatic nitrogens is 2. The lowest BCUT2D eigenvalue weighted by Crippen LogP contribution is -2.30. The Kier molecular flexibility index (Phi) is 6.41. The van der Waals surface area contributed by atoms with Gasteiger partial charge in [0.15, 0.2) is 5.13 Å². The number of hydrogen-bond acceptors (Lipinski definition) is 7. The van der Waals surface area contributed by atoms with Crippen LogP contribution in [0.5, 0.6) is 5.75 Å². The number of methoxy groups -OCH3 is 1. The third kappa shape index (κ3) is 4.72. The van der Waals surface area contributed by atoms with Gasteiger partial charge in [0, 0.05) is 32.1 Å². The molecule has 33 heavy (non-hydrogen) atoms. The van der Waals surface area contributed by atoms with E-state index in [-0.39, 0.29) is 17.3 Å². The molecule has 1 amide bonds. The molecular weight excluding hydrogens is 460 g/mol. The van der Waals surface area contributed by atoms with Crippen LogP contribution < -0.4 is 9.64 Å². The van der Waals surface area contributed by atoms with Crippen molar-refractivity contribution in [1.82, 2.24) is 14.3 Å². The highest BCUT2D eigenvalue weighted by molar-refractivity contribution is 7.89. The molecule has 0 N–H and O–H groups in total. The maximum absolute atomic E-state index is 13.5. The van der Waals surface area contributed by atoms with Crippen molar-refractivity contribution in [3.63, 3.8) is 0 Å².